The van der Waals surface area contributed by atoms with E-state index in [0.717, 1.165) is 59.1 Å². The van der Waals surface area contributed by atoms with Crippen molar-refractivity contribution in [2.24, 2.45) is 0 Å². The van der Waals surface area contributed by atoms with E-state index >= 15 is 0 Å². The molecule has 1 fully saturated rings. The van der Waals surface area contributed by atoms with Gasteiger partial charge < -0.3 is 14.6 Å². The number of morpholine rings is 1. The van der Waals surface area contributed by atoms with E-state index in [0.29, 0.717) is 41.8 Å². The Morgan fingerprint density at radius 1 is 1.21 bits per heavy atom. The number of aliphatic carboxylic acids is 1. The first kappa shape index (κ1) is 29.4. The molecule has 1 saturated heterocycles. The quantitative estimate of drug-likeness (QED) is 0.251. The van der Waals surface area contributed by atoms with Gasteiger partial charge in [0.1, 0.15) is 10.8 Å². The molecule has 1 aliphatic heterocycles. The van der Waals surface area contributed by atoms with Gasteiger partial charge in [0.25, 0.3) is 0 Å². The van der Waals surface area contributed by atoms with Gasteiger partial charge in [0.15, 0.2) is 6.10 Å². The molecule has 2 aromatic carbocycles. The van der Waals surface area contributed by atoms with Crippen molar-refractivity contribution in [2.45, 2.75) is 56.2 Å². The molecule has 0 radical (unpaired) electrons. The number of alkyl halides is 3. The Bertz CT molecular complexity index is 1260. The van der Waals surface area contributed by atoms with Crippen LogP contribution in [-0.2, 0) is 34.4 Å². The Labute approximate surface area is 234 Å². The monoisotopic (exact) mass is 580 g/mol. The fourth-order valence-corrected chi connectivity index (χ4v) is 6.27. The Balaban J connectivity index is 1.56. The van der Waals surface area contributed by atoms with Crippen LogP contribution >= 0.6 is 23.1 Å². The lowest BCUT2D eigenvalue weighted by Crippen LogP contribution is -2.35. The number of benzene rings is 2. The first-order valence-electron chi connectivity index (χ1n) is 12.8. The van der Waals surface area contributed by atoms with Gasteiger partial charge in [-0.3, -0.25) is 4.90 Å². The molecule has 1 aliphatic rings. The minimum atomic E-state index is -4.38. The van der Waals surface area contributed by atoms with Crippen molar-refractivity contribution >= 4 is 29.1 Å². The summed E-state index contributed by atoms with van der Waals surface area (Å²) in [5.41, 5.74) is 1.86. The van der Waals surface area contributed by atoms with Crippen LogP contribution < -0.4 is 4.74 Å². The van der Waals surface area contributed by atoms with Gasteiger partial charge >= 0.3 is 12.1 Å². The summed E-state index contributed by atoms with van der Waals surface area (Å²) < 4.78 is 50.3. The predicted molar refractivity (Wildman–Crippen MR) is 146 cm³/mol. The van der Waals surface area contributed by atoms with Crippen molar-refractivity contribution in [1.82, 2.24) is 9.88 Å². The van der Waals surface area contributed by atoms with Crippen LogP contribution in [0.2, 0.25) is 0 Å². The van der Waals surface area contributed by atoms with Crippen molar-refractivity contribution in [2.75, 3.05) is 26.3 Å². The molecule has 11 heteroatoms. The smallest absolute Gasteiger partial charge is 0.416 e. The molecule has 39 heavy (non-hydrogen) atoms. The maximum absolute atomic E-state index is 13.0. The second kappa shape index (κ2) is 13.2. The minimum Gasteiger partial charge on any atom is -0.479 e. The fraction of sp³-hybridized carbons (Fsp3) is 0.429. The van der Waals surface area contributed by atoms with Gasteiger partial charge in [-0.1, -0.05) is 25.5 Å². The van der Waals surface area contributed by atoms with Crippen LogP contribution in [-0.4, -0.2) is 53.4 Å². The normalized spacial score (nSPS) is 15.3. The van der Waals surface area contributed by atoms with Crippen molar-refractivity contribution in [3.63, 3.8) is 0 Å². The van der Waals surface area contributed by atoms with E-state index in [4.69, 9.17) is 14.5 Å². The van der Waals surface area contributed by atoms with Crippen LogP contribution in [0.1, 0.15) is 42.0 Å². The van der Waals surface area contributed by atoms with Gasteiger partial charge in [0.2, 0.25) is 0 Å². The van der Waals surface area contributed by atoms with Crippen LogP contribution in [0, 0.1) is 0 Å². The number of aryl methyl sites for hydroxylation is 1. The highest BCUT2D eigenvalue weighted by molar-refractivity contribution is 7.98. The van der Waals surface area contributed by atoms with Crippen LogP contribution in [0.4, 0.5) is 13.2 Å². The summed E-state index contributed by atoms with van der Waals surface area (Å²) in [4.78, 5) is 20.5. The molecule has 0 spiro atoms. The topological polar surface area (TPSA) is 71.9 Å². The maximum atomic E-state index is 13.0. The lowest BCUT2D eigenvalue weighted by molar-refractivity contribution is -0.144. The molecule has 2 heterocycles. The molecule has 4 rings (SSSR count). The maximum Gasteiger partial charge on any atom is 0.416 e. The van der Waals surface area contributed by atoms with E-state index < -0.39 is 23.8 Å². The molecule has 3 aromatic rings. The number of hydrogen-bond donors (Lipinski definition) is 1. The number of thiazole rings is 1. The SMILES string of the molecule is CCCc1cc(SCc2sc(-c3ccc(C(F)(F)F)cc3)nc2CN2CCOCC2)ccc1OC(C)C(=O)O. The molecule has 0 saturated carbocycles. The summed E-state index contributed by atoms with van der Waals surface area (Å²) >= 11 is 3.15. The van der Waals surface area contributed by atoms with Gasteiger partial charge in [0.05, 0.1) is 24.5 Å². The number of carboxylic acids is 1. The van der Waals surface area contributed by atoms with Gasteiger partial charge in [-0.05, 0) is 49.2 Å². The number of aromatic nitrogens is 1. The highest BCUT2D eigenvalue weighted by atomic mass is 32.2. The standard InChI is InChI=1S/C28H31F3N2O4S2/c1-3-4-20-15-22(9-10-24(20)37-18(2)27(34)35)38-17-25-23(16-33-11-13-36-14-12-33)32-26(39-25)19-5-7-21(8-6-19)28(29,30)31/h5-10,15,18H,3-4,11-14,16-17H2,1-2H3,(H,34,35). The van der Waals surface area contributed by atoms with E-state index in [1.54, 1.807) is 11.8 Å². The van der Waals surface area contributed by atoms with Crippen molar-refractivity contribution < 1.29 is 32.5 Å². The van der Waals surface area contributed by atoms with Gasteiger partial charge in [-0.2, -0.15) is 13.2 Å². The zero-order chi connectivity index (χ0) is 28.0. The molecule has 6 nitrogen and oxygen atoms in total. The zero-order valence-corrected chi connectivity index (χ0v) is 23.4. The second-order valence-electron chi connectivity index (χ2n) is 9.26. The Morgan fingerprint density at radius 2 is 1.92 bits per heavy atom. The lowest BCUT2D eigenvalue weighted by atomic mass is 10.1. The lowest BCUT2D eigenvalue weighted by Gasteiger charge is -2.26. The van der Waals surface area contributed by atoms with Crippen LogP contribution in [0.15, 0.2) is 47.4 Å². The predicted octanol–water partition coefficient (Wildman–Crippen LogP) is 6.76. The number of halogens is 3. The number of ether oxygens (including phenoxy) is 2. The average molecular weight is 581 g/mol. The summed E-state index contributed by atoms with van der Waals surface area (Å²) in [7, 11) is 0. The summed E-state index contributed by atoms with van der Waals surface area (Å²) in [5.74, 6) is 0.208. The molecule has 1 unspecified atom stereocenters. The highest BCUT2D eigenvalue weighted by Gasteiger charge is 2.30. The molecular weight excluding hydrogens is 549 g/mol. The zero-order valence-electron chi connectivity index (χ0n) is 21.8. The third-order valence-corrected chi connectivity index (χ3v) is 8.64. The van der Waals surface area contributed by atoms with E-state index in [1.807, 2.05) is 18.2 Å². The molecular formula is C28H31F3N2O4S2. The van der Waals surface area contributed by atoms with Crippen LogP contribution in [0.3, 0.4) is 0 Å². The number of carbonyl (C=O) groups is 1. The first-order chi connectivity index (χ1) is 18.6. The molecule has 210 valence electrons. The molecule has 0 bridgehead atoms. The summed E-state index contributed by atoms with van der Waals surface area (Å²) in [6.45, 7) is 7.14. The summed E-state index contributed by atoms with van der Waals surface area (Å²) in [6.07, 6.45) is -3.67. The Morgan fingerprint density at radius 3 is 2.56 bits per heavy atom. The van der Waals surface area contributed by atoms with E-state index in [9.17, 15) is 23.1 Å². The number of thioether (sulfide) groups is 1. The van der Waals surface area contributed by atoms with Crippen molar-refractivity contribution in [1.29, 1.82) is 0 Å². The third-order valence-electron chi connectivity index (χ3n) is 6.29. The minimum absolute atomic E-state index is 0.575. The molecule has 1 aromatic heterocycles. The number of hydrogen-bond acceptors (Lipinski definition) is 7. The Hall–Kier alpha value is -2.60. The number of rotatable bonds is 11. The van der Waals surface area contributed by atoms with Crippen molar-refractivity contribution in [3.05, 3.63) is 64.2 Å². The molecule has 1 N–H and O–H groups in total. The Kier molecular flexibility index (Phi) is 9.92. The van der Waals surface area contributed by atoms with Crippen LogP contribution in [0.25, 0.3) is 10.6 Å². The largest absolute Gasteiger partial charge is 0.479 e. The molecule has 1 atom stereocenters. The van der Waals surface area contributed by atoms with Gasteiger partial charge in [0, 0.05) is 40.7 Å². The number of carboxylic acid groups (broad SMARTS) is 1. The third kappa shape index (κ3) is 7.97. The van der Waals surface area contributed by atoms with Gasteiger partial charge in [-0.25, -0.2) is 9.78 Å². The second-order valence-corrected chi connectivity index (χ2v) is 11.4. The summed E-state index contributed by atoms with van der Waals surface area (Å²) in [6, 6.07) is 10.9. The van der Waals surface area contributed by atoms with E-state index in [1.165, 1.54) is 30.4 Å². The summed E-state index contributed by atoms with van der Waals surface area (Å²) in [5, 5.41) is 9.91. The number of nitrogens with zero attached hydrogens (tertiary/aromatic N) is 2. The van der Waals surface area contributed by atoms with Crippen LogP contribution in [0.5, 0.6) is 5.75 Å². The molecule has 0 amide bonds. The first-order valence-corrected chi connectivity index (χ1v) is 14.6. The molecule has 0 aliphatic carbocycles. The van der Waals surface area contributed by atoms with E-state index in [-0.39, 0.29) is 0 Å². The van der Waals surface area contributed by atoms with Crippen molar-refractivity contribution in [3.8, 4) is 16.3 Å². The fourth-order valence-electron chi connectivity index (χ4n) is 4.13. The average Bonchev–Trinajstić information content (AvgIpc) is 3.31. The van der Waals surface area contributed by atoms with Gasteiger partial charge in [-0.15, -0.1) is 23.1 Å². The highest BCUT2D eigenvalue weighted by Crippen LogP contribution is 2.37. The van der Waals surface area contributed by atoms with E-state index in [2.05, 4.69) is 11.8 Å².